The molecule has 1 aliphatic heterocycles. The van der Waals surface area contributed by atoms with Crippen LogP contribution in [0.4, 0.5) is 10.1 Å². The number of methoxy groups -OCH3 is 1. The maximum Gasteiger partial charge on any atom is 0.310 e. The summed E-state index contributed by atoms with van der Waals surface area (Å²) in [7, 11) is 1.35. The van der Waals surface area contributed by atoms with E-state index in [0.29, 0.717) is 19.5 Å². The second kappa shape index (κ2) is 6.87. The highest BCUT2D eigenvalue weighted by Gasteiger charge is 2.29. The molecule has 1 atom stereocenters. The number of nitrogens with one attached hydrogen (secondary N) is 1. The summed E-state index contributed by atoms with van der Waals surface area (Å²) in [5.74, 6) is -1.37. The lowest BCUT2D eigenvalue weighted by Gasteiger charge is -2.15. The van der Waals surface area contributed by atoms with E-state index in [0.717, 1.165) is 6.07 Å². The minimum absolute atomic E-state index is 0.0908. The highest BCUT2D eigenvalue weighted by Crippen LogP contribution is 2.20. The standard InChI is InChI=1S/C14H16ClFN2O3/c1-21-14(20)9-4-5-18(7-9)8-13(19)17-12-3-2-10(15)6-11(12)16/h2-3,6,9H,4-5,7-8H2,1H3,(H,17,19). The number of carbonyl (C=O) groups excluding carboxylic acids is 2. The number of anilines is 1. The summed E-state index contributed by atoms with van der Waals surface area (Å²) in [5, 5.41) is 2.76. The summed E-state index contributed by atoms with van der Waals surface area (Å²) in [6.07, 6.45) is 0.662. The number of rotatable bonds is 4. The van der Waals surface area contributed by atoms with Gasteiger partial charge in [-0.3, -0.25) is 14.5 Å². The Morgan fingerprint density at radius 2 is 2.29 bits per heavy atom. The molecule has 1 unspecified atom stereocenters. The number of likely N-dealkylation sites (tertiary alicyclic amines) is 1. The molecular formula is C14H16ClFN2O3. The second-order valence-electron chi connectivity index (χ2n) is 4.92. The van der Waals surface area contributed by atoms with E-state index < -0.39 is 5.82 Å². The molecule has 0 aliphatic carbocycles. The van der Waals surface area contributed by atoms with Gasteiger partial charge in [-0.25, -0.2) is 4.39 Å². The highest BCUT2D eigenvalue weighted by atomic mass is 35.5. The maximum atomic E-state index is 13.6. The molecule has 0 radical (unpaired) electrons. The van der Waals surface area contributed by atoms with Crippen LogP contribution in [-0.4, -0.2) is 43.5 Å². The van der Waals surface area contributed by atoms with E-state index >= 15 is 0 Å². The molecule has 114 valence electrons. The van der Waals surface area contributed by atoms with Crippen molar-refractivity contribution in [1.29, 1.82) is 0 Å². The van der Waals surface area contributed by atoms with Crippen molar-refractivity contribution in [3.8, 4) is 0 Å². The van der Waals surface area contributed by atoms with E-state index in [1.807, 2.05) is 4.90 Å². The topological polar surface area (TPSA) is 58.6 Å². The SMILES string of the molecule is COC(=O)C1CCN(CC(=O)Nc2ccc(Cl)cc2F)C1. The van der Waals surface area contributed by atoms with Crippen molar-refractivity contribution in [3.05, 3.63) is 29.0 Å². The van der Waals surface area contributed by atoms with Crippen molar-refractivity contribution >= 4 is 29.2 Å². The van der Waals surface area contributed by atoms with Gasteiger partial charge in [-0.1, -0.05) is 11.6 Å². The first-order valence-corrected chi connectivity index (χ1v) is 6.92. The lowest BCUT2D eigenvalue weighted by molar-refractivity contribution is -0.145. The molecule has 1 aromatic carbocycles. The summed E-state index contributed by atoms with van der Waals surface area (Å²) >= 11 is 5.65. The van der Waals surface area contributed by atoms with Gasteiger partial charge in [-0.15, -0.1) is 0 Å². The van der Waals surface area contributed by atoms with Gasteiger partial charge in [0.25, 0.3) is 0 Å². The zero-order valence-electron chi connectivity index (χ0n) is 11.6. The molecular weight excluding hydrogens is 299 g/mol. The quantitative estimate of drug-likeness (QED) is 0.863. The zero-order valence-corrected chi connectivity index (χ0v) is 12.3. The van der Waals surface area contributed by atoms with Crippen LogP contribution in [0.2, 0.25) is 5.02 Å². The number of esters is 1. The van der Waals surface area contributed by atoms with Gasteiger partial charge < -0.3 is 10.1 Å². The minimum atomic E-state index is -0.579. The van der Waals surface area contributed by atoms with Crippen LogP contribution in [-0.2, 0) is 14.3 Å². The number of hydrogen-bond acceptors (Lipinski definition) is 4. The van der Waals surface area contributed by atoms with Gasteiger partial charge in [0.05, 0.1) is 25.3 Å². The predicted molar refractivity (Wildman–Crippen MR) is 76.6 cm³/mol. The number of carbonyl (C=O) groups is 2. The number of halogens is 2. The van der Waals surface area contributed by atoms with Crippen LogP contribution in [0.1, 0.15) is 6.42 Å². The van der Waals surface area contributed by atoms with Crippen LogP contribution < -0.4 is 5.32 Å². The molecule has 0 aromatic heterocycles. The lowest BCUT2D eigenvalue weighted by Crippen LogP contribution is -2.32. The van der Waals surface area contributed by atoms with Gasteiger partial charge in [-0.05, 0) is 31.2 Å². The second-order valence-corrected chi connectivity index (χ2v) is 5.35. The van der Waals surface area contributed by atoms with Crippen LogP contribution in [0.5, 0.6) is 0 Å². The third-order valence-electron chi connectivity index (χ3n) is 3.38. The first kappa shape index (κ1) is 15.7. The first-order chi connectivity index (χ1) is 9.99. The number of benzene rings is 1. The molecule has 2 rings (SSSR count). The van der Waals surface area contributed by atoms with Gasteiger partial charge in [-0.2, -0.15) is 0 Å². The third-order valence-corrected chi connectivity index (χ3v) is 3.61. The van der Waals surface area contributed by atoms with Gasteiger partial charge in [0, 0.05) is 11.6 Å². The fraction of sp³-hybridized carbons (Fsp3) is 0.429. The Hall–Kier alpha value is -1.66. The molecule has 5 nitrogen and oxygen atoms in total. The van der Waals surface area contributed by atoms with Gasteiger partial charge in [0.1, 0.15) is 5.82 Å². The number of hydrogen-bond donors (Lipinski definition) is 1. The van der Waals surface area contributed by atoms with E-state index in [2.05, 4.69) is 10.1 Å². The molecule has 1 saturated heterocycles. The molecule has 1 aromatic rings. The summed E-state index contributed by atoms with van der Waals surface area (Å²) in [4.78, 5) is 25.1. The molecule has 21 heavy (non-hydrogen) atoms. The van der Waals surface area contributed by atoms with Gasteiger partial charge in [0.2, 0.25) is 5.91 Å². The molecule has 1 fully saturated rings. The van der Waals surface area contributed by atoms with Crippen LogP contribution in [0, 0.1) is 11.7 Å². The Kier molecular flexibility index (Phi) is 5.14. The van der Waals surface area contributed by atoms with E-state index in [1.165, 1.54) is 19.2 Å². The van der Waals surface area contributed by atoms with Crippen molar-refractivity contribution in [2.45, 2.75) is 6.42 Å². The fourth-order valence-electron chi connectivity index (χ4n) is 2.32. The molecule has 1 N–H and O–H groups in total. The zero-order chi connectivity index (χ0) is 15.4. The molecule has 1 aliphatic rings. The Balaban J connectivity index is 1.87. The van der Waals surface area contributed by atoms with Crippen molar-refractivity contribution in [2.24, 2.45) is 5.92 Å². The third kappa shape index (κ3) is 4.15. The monoisotopic (exact) mass is 314 g/mol. The van der Waals surface area contributed by atoms with E-state index in [-0.39, 0.29) is 35.0 Å². The number of ether oxygens (including phenoxy) is 1. The van der Waals surface area contributed by atoms with Crippen LogP contribution in [0.3, 0.4) is 0 Å². The normalized spacial score (nSPS) is 18.5. The maximum absolute atomic E-state index is 13.6. The first-order valence-electron chi connectivity index (χ1n) is 6.54. The summed E-state index contributed by atoms with van der Waals surface area (Å²) in [6, 6.07) is 4.06. The summed E-state index contributed by atoms with van der Waals surface area (Å²) in [6.45, 7) is 1.22. The van der Waals surface area contributed by atoms with E-state index in [9.17, 15) is 14.0 Å². The molecule has 1 heterocycles. The molecule has 7 heteroatoms. The smallest absolute Gasteiger partial charge is 0.310 e. The molecule has 0 saturated carbocycles. The number of nitrogens with zero attached hydrogens (tertiary/aromatic N) is 1. The average molecular weight is 315 g/mol. The average Bonchev–Trinajstić information content (AvgIpc) is 2.89. The van der Waals surface area contributed by atoms with Crippen LogP contribution in [0.15, 0.2) is 18.2 Å². The lowest BCUT2D eigenvalue weighted by atomic mass is 10.1. The minimum Gasteiger partial charge on any atom is -0.469 e. The van der Waals surface area contributed by atoms with Crippen molar-refractivity contribution < 1.29 is 18.7 Å². The van der Waals surface area contributed by atoms with Crippen LogP contribution in [0.25, 0.3) is 0 Å². The van der Waals surface area contributed by atoms with Crippen molar-refractivity contribution in [2.75, 3.05) is 32.1 Å². The molecule has 1 amide bonds. The van der Waals surface area contributed by atoms with Crippen molar-refractivity contribution in [3.63, 3.8) is 0 Å². The Morgan fingerprint density at radius 1 is 1.52 bits per heavy atom. The van der Waals surface area contributed by atoms with Crippen LogP contribution >= 0.6 is 11.6 Å². The summed E-state index contributed by atoms with van der Waals surface area (Å²) in [5.41, 5.74) is 0.0908. The predicted octanol–water partition coefficient (Wildman–Crippen LogP) is 1.91. The van der Waals surface area contributed by atoms with Gasteiger partial charge in [0.15, 0.2) is 0 Å². The van der Waals surface area contributed by atoms with Crippen molar-refractivity contribution in [1.82, 2.24) is 4.90 Å². The summed E-state index contributed by atoms with van der Waals surface area (Å²) < 4.78 is 18.2. The Bertz CT molecular complexity index is 553. The Labute approximate surface area is 127 Å². The number of amides is 1. The largest absolute Gasteiger partial charge is 0.469 e. The van der Waals surface area contributed by atoms with Gasteiger partial charge >= 0.3 is 5.97 Å². The Morgan fingerprint density at radius 3 is 2.95 bits per heavy atom. The van der Waals surface area contributed by atoms with E-state index in [4.69, 9.17) is 11.6 Å². The molecule has 0 spiro atoms. The highest BCUT2D eigenvalue weighted by molar-refractivity contribution is 6.30. The van der Waals surface area contributed by atoms with E-state index in [1.54, 1.807) is 0 Å². The fourth-order valence-corrected chi connectivity index (χ4v) is 2.48. The molecule has 0 bridgehead atoms.